The molecule has 0 N–H and O–H groups in total. The summed E-state index contributed by atoms with van der Waals surface area (Å²) in [5.74, 6) is 1.04. The summed E-state index contributed by atoms with van der Waals surface area (Å²) >= 11 is 0. The maximum absolute atomic E-state index is 6.90. The minimum Gasteiger partial charge on any atom is -0.456 e. The molecular weight excluding hydrogens is 601 g/mol. The third-order valence-electron chi connectivity index (χ3n) is 9.78. The Kier molecular flexibility index (Phi) is 6.59. The highest BCUT2D eigenvalue weighted by molar-refractivity contribution is 7.05. The van der Waals surface area contributed by atoms with E-state index in [1.54, 1.807) is 0 Å². The molecule has 0 bridgehead atoms. The number of benzene rings is 7. The van der Waals surface area contributed by atoms with Crippen molar-refractivity contribution in [3.8, 4) is 11.3 Å². The van der Waals surface area contributed by atoms with E-state index in [1.165, 1.54) is 37.8 Å². The molecule has 0 spiro atoms. The van der Waals surface area contributed by atoms with Crippen molar-refractivity contribution in [2.75, 3.05) is 9.80 Å². The van der Waals surface area contributed by atoms with Gasteiger partial charge in [-0.05, 0) is 88.6 Å². The molecule has 1 aromatic heterocycles. The van der Waals surface area contributed by atoms with Crippen LogP contribution in [0.5, 0.6) is 0 Å². The summed E-state index contributed by atoms with van der Waals surface area (Å²) in [6.45, 7) is 4.97. The highest BCUT2D eigenvalue weighted by atomic mass is 28.3. The number of fused-ring (bicyclic) bond motifs is 7. The van der Waals surface area contributed by atoms with Gasteiger partial charge in [-0.25, -0.2) is 0 Å². The van der Waals surface area contributed by atoms with Crippen molar-refractivity contribution in [2.45, 2.75) is 13.1 Å². The highest BCUT2D eigenvalue weighted by Gasteiger charge is 2.44. The predicted octanol–water partition coefficient (Wildman–Crippen LogP) is 11.3. The number of hydrogen-bond donors (Lipinski definition) is 0. The smallest absolute Gasteiger partial charge is 0.135 e. The molecule has 4 heteroatoms. The van der Waals surface area contributed by atoms with Crippen LogP contribution in [0.1, 0.15) is 0 Å². The predicted molar refractivity (Wildman–Crippen MR) is 205 cm³/mol. The molecule has 9 rings (SSSR count). The fourth-order valence-corrected chi connectivity index (χ4v) is 10.9. The highest BCUT2D eigenvalue weighted by Crippen LogP contribution is 2.46. The quantitative estimate of drug-likeness (QED) is 0.170. The third-order valence-corrected chi connectivity index (χ3v) is 13.3. The first kappa shape index (κ1) is 28.4. The van der Waals surface area contributed by atoms with Gasteiger partial charge in [0, 0.05) is 44.8 Å². The van der Waals surface area contributed by atoms with Gasteiger partial charge in [0.15, 0.2) is 0 Å². The largest absolute Gasteiger partial charge is 0.456 e. The molecule has 0 unspecified atom stereocenters. The van der Waals surface area contributed by atoms with Crippen LogP contribution in [-0.2, 0) is 0 Å². The first-order valence-corrected chi connectivity index (χ1v) is 19.5. The molecule has 2 heterocycles. The summed E-state index contributed by atoms with van der Waals surface area (Å²) in [6.07, 6.45) is 0. The summed E-state index contributed by atoms with van der Waals surface area (Å²) in [7, 11) is -2.25. The lowest BCUT2D eigenvalue weighted by atomic mass is 9.99. The fourth-order valence-electron chi connectivity index (χ4n) is 7.62. The van der Waals surface area contributed by atoms with Gasteiger partial charge >= 0.3 is 0 Å². The Balaban J connectivity index is 1.27. The topological polar surface area (TPSA) is 19.6 Å². The van der Waals surface area contributed by atoms with Gasteiger partial charge in [-0.3, -0.25) is 0 Å². The van der Waals surface area contributed by atoms with Crippen molar-refractivity contribution in [3.05, 3.63) is 170 Å². The van der Waals surface area contributed by atoms with Crippen molar-refractivity contribution >= 4 is 74.3 Å². The Morgan fingerprint density at radius 2 is 0.917 bits per heavy atom. The molecule has 8 aromatic rings. The molecule has 0 fully saturated rings. The zero-order chi connectivity index (χ0) is 32.2. The molecule has 7 aromatic carbocycles. The van der Waals surface area contributed by atoms with Crippen molar-refractivity contribution in [1.82, 2.24) is 0 Å². The Morgan fingerprint density at radius 3 is 1.46 bits per heavy atom. The second-order valence-corrected chi connectivity index (χ2v) is 17.3. The van der Waals surface area contributed by atoms with E-state index in [1.807, 2.05) is 0 Å². The van der Waals surface area contributed by atoms with Gasteiger partial charge in [0.25, 0.3) is 0 Å². The van der Waals surface area contributed by atoms with E-state index in [4.69, 9.17) is 4.42 Å². The number of nitrogens with zero attached hydrogens (tertiary/aromatic N) is 2. The van der Waals surface area contributed by atoms with Gasteiger partial charge in [-0.2, -0.15) is 0 Å². The van der Waals surface area contributed by atoms with E-state index >= 15 is 0 Å². The van der Waals surface area contributed by atoms with E-state index in [9.17, 15) is 0 Å². The lowest BCUT2D eigenvalue weighted by Gasteiger charge is -2.29. The van der Waals surface area contributed by atoms with Gasteiger partial charge in [0.1, 0.15) is 19.4 Å². The molecule has 0 atom stereocenters. The first-order valence-electron chi connectivity index (χ1n) is 16.5. The van der Waals surface area contributed by atoms with E-state index in [0.29, 0.717) is 0 Å². The molecule has 0 saturated carbocycles. The summed E-state index contributed by atoms with van der Waals surface area (Å²) in [5.41, 5.74) is 9.04. The minimum absolute atomic E-state index is 0.944. The fraction of sp³-hybridized carbons (Fsp3) is 0.0455. The van der Waals surface area contributed by atoms with Crippen LogP contribution in [0.3, 0.4) is 0 Å². The SMILES string of the molecule is C[Si]1(C)c2cc(N(c3ccccc3)c3ccccc3)c3ccccc3c2-c2oc3ccc(N(c4ccccc4)c4ccccc4)cc3c21. The van der Waals surface area contributed by atoms with Crippen LogP contribution < -0.4 is 20.2 Å². The molecule has 48 heavy (non-hydrogen) atoms. The molecular formula is C44H34N2OSi. The average Bonchev–Trinajstić information content (AvgIpc) is 3.63. The molecule has 0 aliphatic carbocycles. The van der Waals surface area contributed by atoms with E-state index in [-0.39, 0.29) is 0 Å². The Labute approximate surface area is 281 Å². The second-order valence-electron chi connectivity index (χ2n) is 13.0. The molecule has 230 valence electrons. The van der Waals surface area contributed by atoms with Crippen molar-refractivity contribution < 1.29 is 4.42 Å². The Hall–Kier alpha value is -5.84. The van der Waals surface area contributed by atoms with E-state index in [0.717, 1.165) is 39.8 Å². The van der Waals surface area contributed by atoms with Gasteiger partial charge in [-0.1, -0.05) is 110 Å². The number of anilines is 6. The zero-order valence-electron chi connectivity index (χ0n) is 27.0. The van der Waals surface area contributed by atoms with Crippen LogP contribution in [0.4, 0.5) is 34.1 Å². The van der Waals surface area contributed by atoms with Crippen LogP contribution in [0, 0.1) is 0 Å². The minimum atomic E-state index is -2.25. The summed E-state index contributed by atoms with van der Waals surface area (Å²) in [4.78, 5) is 4.74. The zero-order valence-corrected chi connectivity index (χ0v) is 28.0. The van der Waals surface area contributed by atoms with Crippen LogP contribution in [0.25, 0.3) is 33.1 Å². The van der Waals surface area contributed by atoms with E-state index < -0.39 is 8.07 Å². The molecule has 0 saturated heterocycles. The second kappa shape index (κ2) is 11.1. The van der Waals surface area contributed by atoms with Crippen molar-refractivity contribution in [2.24, 2.45) is 0 Å². The first-order chi connectivity index (χ1) is 23.6. The molecule has 0 radical (unpaired) electrons. The van der Waals surface area contributed by atoms with Gasteiger partial charge in [0.2, 0.25) is 0 Å². The molecule has 0 amide bonds. The Morgan fingerprint density at radius 1 is 0.438 bits per heavy atom. The normalized spacial score (nSPS) is 13.0. The molecule has 1 aliphatic rings. The third kappa shape index (κ3) is 4.41. The summed E-state index contributed by atoms with van der Waals surface area (Å²) < 4.78 is 6.90. The van der Waals surface area contributed by atoms with Crippen LogP contribution >= 0.6 is 0 Å². The number of rotatable bonds is 6. The standard InChI is InChI=1S/C44H34N2OSi/c1-48(2)41-30-39(46(33-21-11-5-12-22-33)34-23-13-6-14-24-34)36-25-15-16-26-37(36)42(41)43-44(48)38-29-35(27-28-40(38)47-43)45(31-17-7-3-8-18-31)32-19-9-4-10-20-32/h3-30H,1-2H3. The number of furan rings is 1. The van der Waals surface area contributed by atoms with Crippen molar-refractivity contribution in [1.29, 1.82) is 0 Å². The van der Waals surface area contributed by atoms with Crippen LogP contribution in [0.2, 0.25) is 13.1 Å². The summed E-state index contributed by atoms with van der Waals surface area (Å²) in [6, 6.07) is 60.6. The lowest BCUT2D eigenvalue weighted by molar-refractivity contribution is 0.635. The number of para-hydroxylation sites is 4. The van der Waals surface area contributed by atoms with Gasteiger partial charge < -0.3 is 14.2 Å². The van der Waals surface area contributed by atoms with Crippen molar-refractivity contribution in [3.63, 3.8) is 0 Å². The summed E-state index contributed by atoms with van der Waals surface area (Å²) in [5, 5.41) is 6.44. The maximum Gasteiger partial charge on any atom is 0.135 e. The number of hydrogen-bond acceptors (Lipinski definition) is 3. The lowest BCUT2D eigenvalue weighted by Crippen LogP contribution is -2.49. The van der Waals surface area contributed by atoms with E-state index in [2.05, 4.69) is 193 Å². The average molecular weight is 635 g/mol. The van der Waals surface area contributed by atoms with Crippen LogP contribution in [-0.4, -0.2) is 8.07 Å². The monoisotopic (exact) mass is 634 g/mol. The van der Waals surface area contributed by atoms with Gasteiger partial charge in [-0.15, -0.1) is 0 Å². The van der Waals surface area contributed by atoms with Gasteiger partial charge in [0.05, 0.1) is 5.69 Å². The molecule has 3 nitrogen and oxygen atoms in total. The van der Waals surface area contributed by atoms with Crippen LogP contribution in [0.15, 0.2) is 174 Å². The molecule has 1 aliphatic heterocycles. The Bertz CT molecular complexity index is 2340. The maximum atomic E-state index is 6.90.